The second-order valence-corrected chi connectivity index (χ2v) is 4.70. The van der Waals surface area contributed by atoms with Crippen molar-refractivity contribution in [3.05, 3.63) is 35.6 Å². The standard InChI is InChI=1S/C9H8ClFO4S/c1-15-8(12)9(10,16(13)14)6-3-2-4-7(11)5-6/h2-5H,1H3,(H,13,14)/p-1. The molecule has 1 aromatic rings. The number of alkyl halides is 1. The molecule has 0 aliphatic heterocycles. The number of esters is 1. The van der Waals surface area contributed by atoms with E-state index in [2.05, 4.69) is 4.74 Å². The molecule has 0 saturated carbocycles. The summed E-state index contributed by atoms with van der Waals surface area (Å²) in [7, 11) is 0.992. The molecule has 2 unspecified atom stereocenters. The van der Waals surface area contributed by atoms with Gasteiger partial charge in [0, 0.05) is 0 Å². The van der Waals surface area contributed by atoms with E-state index in [0.717, 1.165) is 19.2 Å². The minimum absolute atomic E-state index is 0.200. The predicted molar refractivity (Wildman–Crippen MR) is 54.9 cm³/mol. The van der Waals surface area contributed by atoms with Crippen LogP contribution in [0.4, 0.5) is 4.39 Å². The van der Waals surface area contributed by atoms with Crippen LogP contribution in [0.5, 0.6) is 0 Å². The van der Waals surface area contributed by atoms with Gasteiger partial charge in [-0.1, -0.05) is 23.7 Å². The van der Waals surface area contributed by atoms with Gasteiger partial charge in [0.2, 0.25) is 4.21 Å². The zero-order valence-corrected chi connectivity index (χ0v) is 9.68. The molecule has 0 heterocycles. The fraction of sp³-hybridized carbons (Fsp3) is 0.222. The molecule has 1 rings (SSSR count). The number of rotatable bonds is 3. The van der Waals surface area contributed by atoms with Gasteiger partial charge in [-0.25, -0.2) is 9.18 Å². The Morgan fingerprint density at radius 3 is 2.69 bits per heavy atom. The minimum atomic E-state index is -2.98. The number of halogens is 2. The fourth-order valence-corrected chi connectivity index (χ4v) is 1.84. The molecule has 0 amide bonds. The van der Waals surface area contributed by atoms with Gasteiger partial charge in [-0.3, -0.25) is 4.21 Å². The minimum Gasteiger partial charge on any atom is -0.770 e. The average Bonchev–Trinajstić information content (AvgIpc) is 2.26. The zero-order valence-electron chi connectivity index (χ0n) is 8.11. The molecule has 0 radical (unpaired) electrons. The first-order valence-corrected chi connectivity index (χ1v) is 5.51. The van der Waals surface area contributed by atoms with Crippen molar-refractivity contribution >= 4 is 28.7 Å². The molecular formula is C9H7ClFO4S-. The molecule has 0 fully saturated rings. The highest BCUT2D eigenvalue weighted by Gasteiger charge is 2.41. The van der Waals surface area contributed by atoms with Gasteiger partial charge in [0.05, 0.1) is 7.11 Å². The number of hydrogen-bond acceptors (Lipinski definition) is 4. The van der Waals surface area contributed by atoms with Crippen LogP contribution in [0.15, 0.2) is 24.3 Å². The van der Waals surface area contributed by atoms with E-state index < -0.39 is 27.1 Å². The summed E-state index contributed by atoms with van der Waals surface area (Å²) < 4.78 is 36.7. The molecule has 2 atom stereocenters. The molecule has 4 nitrogen and oxygen atoms in total. The van der Waals surface area contributed by atoms with E-state index >= 15 is 0 Å². The van der Waals surface area contributed by atoms with Crippen LogP contribution in [0.25, 0.3) is 0 Å². The number of carbonyl (C=O) groups excluding carboxylic acids is 1. The molecule has 16 heavy (non-hydrogen) atoms. The second-order valence-electron chi connectivity index (χ2n) is 2.83. The molecule has 0 bridgehead atoms. The first-order valence-electron chi connectivity index (χ1n) is 4.05. The molecule has 0 N–H and O–H groups in total. The van der Waals surface area contributed by atoms with Gasteiger partial charge in [0.1, 0.15) is 5.82 Å². The topological polar surface area (TPSA) is 66.4 Å². The Balaban J connectivity index is 3.33. The van der Waals surface area contributed by atoms with E-state index in [1.165, 1.54) is 12.1 Å². The molecule has 0 aromatic heterocycles. The van der Waals surface area contributed by atoms with Crippen molar-refractivity contribution in [1.29, 1.82) is 0 Å². The lowest BCUT2D eigenvalue weighted by molar-refractivity contribution is -0.141. The average molecular weight is 266 g/mol. The lowest BCUT2D eigenvalue weighted by atomic mass is 10.1. The SMILES string of the molecule is COC(=O)C(Cl)(c1cccc(F)c1)S(=O)[O-]. The van der Waals surface area contributed by atoms with E-state index in [1.54, 1.807) is 0 Å². The third-order valence-corrected chi connectivity index (χ3v) is 3.49. The molecule has 0 aliphatic carbocycles. The van der Waals surface area contributed by atoms with Crippen molar-refractivity contribution in [1.82, 2.24) is 0 Å². The molecule has 0 spiro atoms. The number of methoxy groups -OCH3 is 1. The number of hydrogen-bond donors (Lipinski definition) is 0. The van der Waals surface area contributed by atoms with Gasteiger partial charge in [-0.15, -0.1) is 0 Å². The Hall–Kier alpha value is -0.980. The maximum atomic E-state index is 12.9. The third-order valence-electron chi connectivity index (χ3n) is 1.87. The zero-order chi connectivity index (χ0) is 12.3. The summed E-state index contributed by atoms with van der Waals surface area (Å²) in [4.78, 5) is 11.3. The Morgan fingerprint density at radius 2 is 2.25 bits per heavy atom. The van der Waals surface area contributed by atoms with Crippen molar-refractivity contribution in [2.24, 2.45) is 0 Å². The summed E-state index contributed by atoms with van der Waals surface area (Å²) in [6.45, 7) is 0. The van der Waals surface area contributed by atoms with Gasteiger partial charge < -0.3 is 9.29 Å². The Morgan fingerprint density at radius 1 is 1.62 bits per heavy atom. The monoisotopic (exact) mass is 265 g/mol. The van der Waals surface area contributed by atoms with Crippen LogP contribution in [-0.2, 0) is 24.8 Å². The predicted octanol–water partition coefficient (Wildman–Crippen LogP) is 1.27. The quantitative estimate of drug-likeness (QED) is 0.469. The highest BCUT2D eigenvalue weighted by molar-refractivity contribution is 7.82. The smallest absolute Gasteiger partial charge is 0.343 e. The van der Waals surface area contributed by atoms with Crippen LogP contribution in [0.1, 0.15) is 5.56 Å². The van der Waals surface area contributed by atoms with Crippen LogP contribution < -0.4 is 0 Å². The van der Waals surface area contributed by atoms with Crippen LogP contribution in [0.2, 0.25) is 0 Å². The van der Waals surface area contributed by atoms with E-state index in [0.29, 0.717) is 0 Å². The largest absolute Gasteiger partial charge is 0.770 e. The van der Waals surface area contributed by atoms with E-state index in [-0.39, 0.29) is 5.56 Å². The third kappa shape index (κ3) is 2.23. The van der Waals surface area contributed by atoms with Crippen LogP contribution in [0.3, 0.4) is 0 Å². The number of ether oxygens (including phenoxy) is 1. The summed E-state index contributed by atoms with van der Waals surface area (Å²) >= 11 is 2.68. The first-order chi connectivity index (χ1) is 7.42. The van der Waals surface area contributed by atoms with Crippen molar-refractivity contribution in [3.8, 4) is 0 Å². The van der Waals surface area contributed by atoms with E-state index in [9.17, 15) is 17.9 Å². The van der Waals surface area contributed by atoms with Gasteiger partial charge >= 0.3 is 5.97 Å². The maximum Gasteiger partial charge on any atom is 0.343 e. The Labute approximate surface area is 98.6 Å². The molecule has 88 valence electrons. The molecule has 7 heteroatoms. The first kappa shape index (κ1) is 13.1. The van der Waals surface area contributed by atoms with Crippen LogP contribution >= 0.6 is 11.6 Å². The van der Waals surface area contributed by atoms with E-state index in [4.69, 9.17) is 11.6 Å². The molecular weight excluding hydrogens is 259 g/mol. The van der Waals surface area contributed by atoms with Gasteiger partial charge in [0.15, 0.2) is 0 Å². The van der Waals surface area contributed by atoms with Gasteiger partial charge in [0.25, 0.3) is 0 Å². The van der Waals surface area contributed by atoms with Crippen LogP contribution in [-0.4, -0.2) is 21.8 Å². The van der Waals surface area contributed by atoms with Crippen molar-refractivity contribution in [2.45, 2.75) is 4.21 Å². The summed E-state index contributed by atoms with van der Waals surface area (Å²) in [6, 6.07) is 4.44. The van der Waals surface area contributed by atoms with Crippen LogP contribution in [0, 0.1) is 5.82 Å². The number of carbonyl (C=O) groups is 1. The Kier molecular flexibility index (Phi) is 4.01. The summed E-state index contributed by atoms with van der Waals surface area (Å²) in [5.74, 6) is -1.88. The fourth-order valence-electron chi connectivity index (χ4n) is 1.10. The highest BCUT2D eigenvalue weighted by atomic mass is 35.5. The normalized spacial score (nSPS) is 16.2. The molecule has 1 aromatic carbocycles. The van der Waals surface area contributed by atoms with Gasteiger partial charge in [-0.05, 0) is 28.8 Å². The maximum absolute atomic E-state index is 12.9. The summed E-state index contributed by atoms with van der Waals surface area (Å²) in [5, 5.41) is 0. The lowest BCUT2D eigenvalue weighted by Crippen LogP contribution is -2.35. The lowest BCUT2D eigenvalue weighted by Gasteiger charge is -2.26. The summed E-state index contributed by atoms with van der Waals surface area (Å²) in [5.41, 5.74) is -0.200. The van der Waals surface area contributed by atoms with Crippen molar-refractivity contribution < 1.29 is 22.7 Å². The van der Waals surface area contributed by atoms with Gasteiger partial charge in [-0.2, -0.15) is 0 Å². The molecule has 0 aliphatic rings. The van der Waals surface area contributed by atoms with Crippen molar-refractivity contribution in [2.75, 3.05) is 7.11 Å². The van der Waals surface area contributed by atoms with Crippen molar-refractivity contribution in [3.63, 3.8) is 0 Å². The number of benzene rings is 1. The Bertz CT molecular complexity index is 439. The van der Waals surface area contributed by atoms with E-state index in [1.807, 2.05) is 0 Å². The molecule has 0 saturated heterocycles. The second kappa shape index (κ2) is 4.90. The summed E-state index contributed by atoms with van der Waals surface area (Å²) in [6.07, 6.45) is 0. The highest BCUT2D eigenvalue weighted by Crippen LogP contribution is 2.33.